The highest BCUT2D eigenvalue weighted by molar-refractivity contribution is 9.10. The van der Waals surface area contributed by atoms with Crippen LogP contribution in [0.4, 0.5) is 0 Å². The summed E-state index contributed by atoms with van der Waals surface area (Å²) in [6.07, 6.45) is 0.955. The summed E-state index contributed by atoms with van der Waals surface area (Å²) < 4.78 is 12.1. The summed E-state index contributed by atoms with van der Waals surface area (Å²) in [6, 6.07) is 20.0. The maximum atomic E-state index is 11.9. The number of aryl methyl sites for hydroxylation is 1. The Kier molecular flexibility index (Phi) is 6.71. The average Bonchev–Trinajstić information content (AvgIpc) is 2.70. The Morgan fingerprint density at radius 3 is 2.59 bits per heavy atom. The molecule has 0 unspecified atom stereocenters. The van der Waals surface area contributed by atoms with Crippen LogP contribution in [0.1, 0.15) is 12.5 Å². The summed E-state index contributed by atoms with van der Waals surface area (Å²) in [5, 5.41) is 5.10. The van der Waals surface area contributed by atoms with Gasteiger partial charge in [-0.3, -0.25) is 4.79 Å². The maximum Gasteiger partial charge on any atom is 0.258 e. The van der Waals surface area contributed by atoms with Crippen molar-refractivity contribution >= 4 is 32.6 Å². The lowest BCUT2D eigenvalue weighted by atomic mass is 10.1. The number of carbonyl (C=O) groups is 1. The molecule has 0 heterocycles. The topological polar surface area (TPSA) is 47.6 Å². The van der Waals surface area contributed by atoms with Crippen molar-refractivity contribution in [3.63, 3.8) is 0 Å². The van der Waals surface area contributed by atoms with Crippen LogP contribution in [-0.2, 0) is 11.2 Å². The van der Waals surface area contributed by atoms with Gasteiger partial charge in [0.15, 0.2) is 6.61 Å². The molecule has 1 amide bonds. The van der Waals surface area contributed by atoms with Crippen molar-refractivity contribution in [2.75, 3.05) is 19.8 Å². The molecule has 3 aromatic carbocycles. The third-order valence-corrected chi connectivity index (χ3v) is 4.80. The first-order valence-corrected chi connectivity index (χ1v) is 9.74. The van der Waals surface area contributed by atoms with E-state index in [4.69, 9.17) is 9.47 Å². The molecule has 3 aromatic rings. The van der Waals surface area contributed by atoms with E-state index in [0.717, 1.165) is 22.0 Å². The number of halogens is 1. The molecule has 4 nitrogen and oxygen atoms in total. The van der Waals surface area contributed by atoms with Crippen LogP contribution in [0.25, 0.3) is 10.8 Å². The second-order valence-corrected chi connectivity index (χ2v) is 6.97. The molecule has 5 heteroatoms. The van der Waals surface area contributed by atoms with Crippen molar-refractivity contribution in [2.45, 2.75) is 13.3 Å². The third kappa shape index (κ3) is 5.47. The lowest BCUT2D eigenvalue weighted by molar-refractivity contribution is -0.123. The van der Waals surface area contributed by atoms with Gasteiger partial charge in [-0.15, -0.1) is 0 Å². The molecule has 0 saturated carbocycles. The number of benzene rings is 3. The van der Waals surface area contributed by atoms with E-state index in [1.54, 1.807) is 0 Å². The van der Waals surface area contributed by atoms with E-state index in [9.17, 15) is 4.79 Å². The number of fused-ring (bicyclic) bond motifs is 1. The van der Waals surface area contributed by atoms with Crippen LogP contribution in [-0.4, -0.2) is 25.7 Å². The van der Waals surface area contributed by atoms with Gasteiger partial charge in [0.2, 0.25) is 0 Å². The van der Waals surface area contributed by atoms with Gasteiger partial charge in [0.05, 0.1) is 11.0 Å². The highest BCUT2D eigenvalue weighted by Gasteiger charge is 2.06. The van der Waals surface area contributed by atoms with Crippen molar-refractivity contribution in [1.82, 2.24) is 5.32 Å². The monoisotopic (exact) mass is 427 g/mol. The lowest BCUT2D eigenvalue weighted by Gasteiger charge is -2.11. The Balaban J connectivity index is 1.40. The Bertz CT molecular complexity index is 926. The molecule has 0 aliphatic carbocycles. The van der Waals surface area contributed by atoms with Gasteiger partial charge in [0.1, 0.15) is 18.1 Å². The highest BCUT2D eigenvalue weighted by Crippen LogP contribution is 2.26. The molecule has 140 valence electrons. The summed E-state index contributed by atoms with van der Waals surface area (Å²) >= 11 is 3.47. The first-order valence-electron chi connectivity index (χ1n) is 8.95. The number of hydrogen-bond donors (Lipinski definition) is 1. The second kappa shape index (κ2) is 9.42. The van der Waals surface area contributed by atoms with Gasteiger partial charge in [0, 0.05) is 0 Å². The average molecular weight is 428 g/mol. The molecule has 1 N–H and O–H groups in total. The molecule has 0 saturated heterocycles. The molecule has 0 fully saturated rings. The fourth-order valence-electron chi connectivity index (χ4n) is 2.69. The fraction of sp³-hybridized carbons (Fsp3) is 0.227. The van der Waals surface area contributed by atoms with E-state index in [2.05, 4.69) is 34.2 Å². The first-order chi connectivity index (χ1) is 13.2. The number of amides is 1. The van der Waals surface area contributed by atoms with Crippen LogP contribution in [0.3, 0.4) is 0 Å². The molecular formula is C22H22BrNO3. The highest BCUT2D eigenvalue weighted by atomic mass is 79.9. The van der Waals surface area contributed by atoms with Crippen LogP contribution in [0.2, 0.25) is 0 Å². The standard InChI is InChI=1S/C22H22BrNO3/c1-2-16-7-10-21(20(23)13-16)27-15-22(25)24-11-12-26-19-9-8-17-5-3-4-6-18(17)14-19/h3-10,13-14H,2,11-12,15H2,1H3,(H,24,25). The number of hydrogen-bond acceptors (Lipinski definition) is 3. The molecule has 0 aliphatic heterocycles. The van der Waals surface area contributed by atoms with Gasteiger partial charge in [-0.1, -0.05) is 43.3 Å². The minimum absolute atomic E-state index is 0.0277. The van der Waals surface area contributed by atoms with Crippen molar-refractivity contribution in [3.8, 4) is 11.5 Å². The predicted octanol–water partition coefficient (Wildman–Crippen LogP) is 4.74. The number of carbonyl (C=O) groups excluding carboxylic acids is 1. The molecule has 0 aromatic heterocycles. The molecular weight excluding hydrogens is 406 g/mol. The molecule has 27 heavy (non-hydrogen) atoms. The fourth-order valence-corrected chi connectivity index (χ4v) is 3.23. The quantitative estimate of drug-likeness (QED) is 0.528. The number of nitrogens with one attached hydrogen (secondary N) is 1. The normalized spacial score (nSPS) is 10.6. The zero-order valence-corrected chi connectivity index (χ0v) is 16.8. The third-order valence-electron chi connectivity index (χ3n) is 4.18. The van der Waals surface area contributed by atoms with Crippen molar-refractivity contribution < 1.29 is 14.3 Å². The molecule has 0 atom stereocenters. The van der Waals surface area contributed by atoms with E-state index in [0.29, 0.717) is 18.9 Å². The van der Waals surface area contributed by atoms with E-state index in [1.807, 2.05) is 54.6 Å². The lowest BCUT2D eigenvalue weighted by Crippen LogP contribution is -2.32. The Morgan fingerprint density at radius 1 is 1.00 bits per heavy atom. The van der Waals surface area contributed by atoms with Gasteiger partial charge < -0.3 is 14.8 Å². The van der Waals surface area contributed by atoms with E-state index < -0.39 is 0 Å². The van der Waals surface area contributed by atoms with Crippen molar-refractivity contribution in [1.29, 1.82) is 0 Å². The predicted molar refractivity (Wildman–Crippen MR) is 111 cm³/mol. The Labute approximate surface area is 167 Å². The summed E-state index contributed by atoms with van der Waals surface area (Å²) in [5.41, 5.74) is 1.21. The zero-order chi connectivity index (χ0) is 19.1. The Hall–Kier alpha value is -2.53. The van der Waals surface area contributed by atoms with Crippen LogP contribution < -0.4 is 14.8 Å². The van der Waals surface area contributed by atoms with Gasteiger partial charge in [-0.05, 0) is 63.0 Å². The maximum absolute atomic E-state index is 11.9. The largest absolute Gasteiger partial charge is 0.492 e. The SMILES string of the molecule is CCc1ccc(OCC(=O)NCCOc2ccc3ccccc3c2)c(Br)c1. The summed E-state index contributed by atoms with van der Waals surface area (Å²) in [6.45, 7) is 2.89. The van der Waals surface area contributed by atoms with Gasteiger partial charge in [-0.2, -0.15) is 0 Å². The van der Waals surface area contributed by atoms with Gasteiger partial charge >= 0.3 is 0 Å². The minimum atomic E-state index is -0.177. The van der Waals surface area contributed by atoms with E-state index in [1.165, 1.54) is 10.9 Å². The minimum Gasteiger partial charge on any atom is -0.492 e. The van der Waals surface area contributed by atoms with Gasteiger partial charge in [0.25, 0.3) is 5.91 Å². The molecule has 0 bridgehead atoms. The van der Waals surface area contributed by atoms with E-state index in [-0.39, 0.29) is 12.5 Å². The first kappa shape index (κ1) is 19.2. The number of rotatable bonds is 8. The van der Waals surface area contributed by atoms with Gasteiger partial charge in [-0.25, -0.2) is 0 Å². The zero-order valence-electron chi connectivity index (χ0n) is 15.2. The van der Waals surface area contributed by atoms with Crippen LogP contribution in [0.15, 0.2) is 65.1 Å². The summed E-state index contributed by atoms with van der Waals surface area (Å²) in [7, 11) is 0. The van der Waals surface area contributed by atoms with Crippen LogP contribution >= 0.6 is 15.9 Å². The molecule has 0 aliphatic rings. The number of ether oxygens (including phenoxy) is 2. The Morgan fingerprint density at radius 2 is 1.81 bits per heavy atom. The second-order valence-electron chi connectivity index (χ2n) is 6.11. The molecule has 0 spiro atoms. The summed E-state index contributed by atoms with van der Waals surface area (Å²) in [4.78, 5) is 11.9. The summed E-state index contributed by atoms with van der Waals surface area (Å²) in [5.74, 6) is 1.28. The van der Waals surface area contributed by atoms with Crippen molar-refractivity contribution in [3.05, 3.63) is 70.7 Å². The van der Waals surface area contributed by atoms with Crippen LogP contribution in [0.5, 0.6) is 11.5 Å². The molecule has 3 rings (SSSR count). The smallest absolute Gasteiger partial charge is 0.258 e. The molecule has 0 radical (unpaired) electrons. The van der Waals surface area contributed by atoms with Crippen molar-refractivity contribution in [2.24, 2.45) is 0 Å². The van der Waals surface area contributed by atoms with E-state index >= 15 is 0 Å². The van der Waals surface area contributed by atoms with Crippen LogP contribution in [0, 0.1) is 0 Å².